The number of pyridine rings is 3. The van der Waals surface area contributed by atoms with Gasteiger partial charge in [-0.05, 0) is 180 Å². The number of piperazine rings is 4. The van der Waals surface area contributed by atoms with Crippen molar-refractivity contribution in [3.05, 3.63) is 304 Å². The molecule has 0 saturated carbocycles. The highest BCUT2D eigenvalue weighted by Crippen LogP contribution is 2.41. The van der Waals surface area contributed by atoms with Crippen LogP contribution >= 0.6 is 34.3 Å². The van der Waals surface area contributed by atoms with Gasteiger partial charge in [-0.3, -0.25) is 0 Å². The third kappa shape index (κ3) is 21.8. The number of aromatic nitrogens is 8. The van der Waals surface area contributed by atoms with E-state index in [-0.39, 0.29) is 79.5 Å². The molecule has 5 fully saturated rings. The summed E-state index contributed by atoms with van der Waals surface area (Å²) >= 11 is 8.39. The number of halogens is 13. The minimum Gasteiger partial charge on any atom is -0.422 e. The van der Waals surface area contributed by atoms with Crippen LogP contribution in [0.2, 0.25) is 5.02 Å². The number of hydrogen-bond acceptors (Lipinski definition) is 27. The minimum absolute atomic E-state index is 0.000871. The molecule has 5 aliphatic heterocycles. The molecule has 6 N–H and O–H groups in total. The molecule has 0 radical (unpaired) electrons. The van der Waals surface area contributed by atoms with E-state index in [1.807, 2.05) is 110 Å². The maximum absolute atomic E-state index is 13.0. The Balaban J connectivity index is 0.000000112. The molecule has 24 rings (SSSR count). The number of anilines is 4. The fraction of sp³-hybridized carbons (Fsp3) is 0.276. The first-order valence-electron chi connectivity index (χ1n) is 47.0. The monoisotopic (exact) mass is 2090 g/mol. The number of thiazole rings is 2. The molecule has 19 aromatic rings. The van der Waals surface area contributed by atoms with Crippen molar-refractivity contribution in [1.29, 1.82) is 0 Å². The number of nitrogens with zero attached hydrogens (tertiary/aromatic N) is 12. The number of aliphatic hydroxyl groups is 1. The molecular formula is C105H90ClF12N17O11S2. The number of para-hydroxylation sites is 1. The van der Waals surface area contributed by atoms with Crippen LogP contribution in [-0.4, -0.2) is 158 Å². The fourth-order valence-corrected chi connectivity index (χ4v) is 20.7. The first-order valence-corrected chi connectivity index (χ1v) is 49.1. The molecule has 18 heterocycles. The van der Waals surface area contributed by atoms with Gasteiger partial charge in [-0.1, -0.05) is 29.8 Å². The second kappa shape index (κ2) is 40.2. The normalized spacial score (nSPS) is 17.3. The van der Waals surface area contributed by atoms with Crippen LogP contribution in [0.25, 0.3) is 137 Å². The second-order valence-corrected chi connectivity index (χ2v) is 39.8. The molecule has 0 spiro atoms. The lowest BCUT2D eigenvalue weighted by Crippen LogP contribution is -2.57. The van der Waals surface area contributed by atoms with Crippen LogP contribution in [-0.2, 0) is 31.2 Å². The Bertz CT molecular complexity index is 8440. The largest absolute Gasteiger partial charge is 0.434 e. The summed E-state index contributed by atoms with van der Waals surface area (Å²) in [5, 5.41) is 31.7. The Hall–Kier alpha value is -14.6. The van der Waals surface area contributed by atoms with Gasteiger partial charge in [0.15, 0.2) is 5.69 Å². The molecule has 5 saturated heterocycles. The van der Waals surface area contributed by atoms with Crippen LogP contribution in [0.5, 0.6) is 0 Å². The van der Waals surface area contributed by atoms with E-state index in [1.165, 1.54) is 61.7 Å². The maximum atomic E-state index is 13.0. The van der Waals surface area contributed by atoms with Gasteiger partial charge in [-0.25, -0.2) is 48.9 Å². The van der Waals surface area contributed by atoms with E-state index in [2.05, 4.69) is 98.8 Å². The van der Waals surface area contributed by atoms with Crippen molar-refractivity contribution in [3.63, 3.8) is 0 Å². The average molecular weight is 2090 g/mol. The first-order chi connectivity index (χ1) is 70.6. The van der Waals surface area contributed by atoms with E-state index in [9.17, 15) is 76.7 Å². The number of fused-ring (bicyclic) bond motifs is 11. The van der Waals surface area contributed by atoms with Gasteiger partial charge in [-0.2, -0.15) is 52.7 Å². The van der Waals surface area contributed by atoms with Crippen molar-refractivity contribution >= 4 is 139 Å². The molecule has 6 aromatic carbocycles. The quantitative estimate of drug-likeness (QED) is 0.0461. The molecule has 2 bridgehead atoms. The van der Waals surface area contributed by atoms with Crippen LogP contribution < -0.4 is 74.3 Å². The Kier molecular flexibility index (Phi) is 27.3. The third-order valence-electron chi connectivity index (χ3n) is 26.2. The van der Waals surface area contributed by atoms with Gasteiger partial charge in [0.05, 0.1) is 77.9 Å². The molecule has 0 aliphatic carbocycles. The van der Waals surface area contributed by atoms with Gasteiger partial charge in [0.25, 0.3) is 0 Å². The molecule has 148 heavy (non-hydrogen) atoms. The van der Waals surface area contributed by atoms with Crippen LogP contribution in [0.3, 0.4) is 0 Å². The topological polar surface area (TPSA) is 322 Å². The zero-order valence-electron chi connectivity index (χ0n) is 79.2. The molecule has 28 nitrogen and oxygen atoms in total. The summed E-state index contributed by atoms with van der Waals surface area (Å²) < 4.78 is 188. The molecule has 13 aromatic heterocycles. The summed E-state index contributed by atoms with van der Waals surface area (Å²) in [6, 6.07) is 49.8. The molecule has 5 atom stereocenters. The van der Waals surface area contributed by atoms with Crippen LogP contribution in [0.4, 0.5) is 75.4 Å². The number of aliphatic hydroxyl groups excluding tert-OH is 1. The Morgan fingerprint density at radius 2 is 0.892 bits per heavy atom. The van der Waals surface area contributed by atoms with E-state index in [0.717, 1.165) is 181 Å². The number of rotatable bonds is 13. The lowest BCUT2D eigenvalue weighted by Gasteiger charge is -2.40. The lowest BCUT2D eigenvalue weighted by atomic mass is 10.0. The summed E-state index contributed by atoms with van der Waals surface area (Å²) in [5.74, 6) is 0. The van der Waals surface area contributed by atoms with Gasteiger partial charge < -0.3 is 86.6 Å². The molecule has 5 aliphatic rings. The summed E-state index contributed by atoms with van der Waals surface area (Å²) in [4.78, 5) is 92.6. The highest BCUT2D eigenvalue weighted by atomic mass is 35.5. The van der Waals surface area contributed by atoms with E-state index >= 15 is 0 Å². The van der Waals surface area contributed by atoms with Crippen LogP contribution in [0, 0.1) is 0 Å². The van der Waals surface area contributed by atoms with Crippen molar-refractivity contribution in [1.82, 2.24) is 64.7 Å². The lowest BCUT2D eigenvalue weighted by molar-refractivity contribution is -0.141. The summed E-state index contributed by atoms with van der Waals surface area (Å²) in [6.45, 7) is 20.6. The maximum Gasteiger partial charge on any atom is 0.434 e. The van der Waals surface area contributed by atoms with Crippen LogP contribution in [0.1, 0.15) is 69.0 Å². The number of imidazole rings is 3. The van der Waals surface area contributed by atoms with Gasteiger partial charge in [0.1, 0.15) is 60.4 Å². The predicted octanol–water partition coefficient (Wildman–Crippen LogP) is 19.8. The third-order valence-corrected chi connectivity index (χ3v) is 28.4. The number of nitrogens with one attached hydrogen (secondary N) is 5. The van der Waals surface area contributed by atoms with E-state index in [0.29, 0.717) is 90.5 Å². The summed E-state index contributed by atoms with van der Waals surface area (Å²) in [6.07, 6.45) is -8.44. The molecule has 1 unspecified atom stereocenters. The Morgan fingerprint density at radius 1 is 0.473 bits per heavy atom. The Morgan fingerprint density at radius 3 is 1.30 bits per heavy atom. The highest BCUT2D eigenvalue weighted by molar-refractivity contribution is 7.21. The average Bonchev–Trinajstić information content (AvgIpc) is 1.56. The SMILES string of the molecule is CC(CO)NCc1ccc2cc(-c3nc4c(Cl)cccc4s3)c(=O)oc2c1.CC1(C)CN(c2ccc3cc(-c4cn5ccc(C(F)(F)F)cc5n4)c(=O)oc3c2)CCN1.C[C@@H]1CN(c2ccc3cc(-c4cn5ccc(C(F)(F)F)cc5n4)c(=O)oc3c2)CCN1.C[C@H]1CN(c2ccc3cc(-c4cn5ccc(C(F)(F)F)cc5n4)c(=O)oc3c2)CCN1.O=c1oc2cc(N3C[C@@H]4C[C@H]3CN4)ccc2cc1-c1nc(C(F)(F)F)cs1. The molecular weight excluding hydrogens is 2000 g/mol. The zero-order chi connectivity index (χ0) is 104. The number of alkyl halides is 12. The highest BCUT2D eigenvalue weighted by Gasteiger charge is 2.40. The number of benzene rings is 6. The van der Waals surface area contributed by atoms with E-state index in [4.69, 9.17) is 38.8 Å². The van der Waals surface area contributed by atoms with Crippen molar-refractivity contribution in [2.24, 2.45) is 0 Å². The summed E-state index contributed by atoms with van der Waals surface area (Å²) in [7, 11) is 0. The van der Waals surface area contributed by atoms with E-state index < -0.39 is 75.2 Å². The van der Waals surface area contributed by atoms with Gasteiger partial charge in [0.2, 0.25) is 0 Å². The Labute approximate surface area is 843 Å². The fourth-order valence-electron chi connectivity index (χ4n) is 18.6. The second-order valence-electron chi connectivity index (χ2n) is 37.5. The van der Waals surface area contributed by atoms with E-state index in [1.54, 1.807) is 36.4 Å². The minimum atomic E-state index is -4.54. The molecule has 0 amide bonds. The van der Waals surface area contributed by atoms with Gasteiger partial charge in [-0.15, -0.1) is 22.7 Å². The standard InChI is InChI=1S/C23H21F3N4O2.2C22H19F3N4O2.C20H17ClN2O3S.C18H14F3N3O2S/c1-22(2)13-30(8-6-27-22)16-4-3-14-9-17(21(31)32-19(14)11-16)18-12-29-7-5-15(23(24,25)26)10-20(29)28-18;2*1-13-11-28(7-5-26-13)16-3-2-14-8-17(21(30)31-19(14)10-16)18-12-29-6-4-15(22(23,24)25)9-20(29)27-18;1-11(10-24)22-9-12-5-6-13-8-14(20(25)26-16(13)7-12)19-23-18-15(21)3-2-4-17(18)27-19;19-18(20,21)15-8-27-16(23-15)13-3-9-1-2-11(5-14(9)26-17(13)25)24-7-10-4-12(24)6-22-10/h3-5,7,9-12,27H,6,8,13H2,1-2H3;2*2-4,6,8-10,12-13,26H,5,7,11H2,1H3;2-8,11,22,24H,9-10H2,1H3;1-3,5,8,10,12,22H,4,6-7H2/t;2*13-;;10-,12-/m.10.0/s1. The van der Waals surface area contributed by atoms with Crippen molar-refractivity contribution in [3.8, 4) is 54.9 Å². The molecule has 43 heteroatoms. The first kappa shape index (κ1) is 101. The summed E-state index contributed by atoms with van der Waals surface area (Å²) in [5.41, 5.74) is 3.78. The van der Waals surface area contributed by atoms with Gasteiger partial charge in [0, 0.05) is 231 Å². The molecule has 764 valence electrons. The van der Waals surface area contributed by atoms with Crippen molar-refractivity contribution in [2.45, 2.75) is 108 Å². The van der Waals surface area contributed by atoms with Gasteiger partial charge >= 0.3 is 52.8 Å². The van der Waals surface area contributed by atoms with Crippen LogP contribution in [0.15, 0.2) is 265 Å². The number of hydrogen-bond donors (Lipinski definition) is 6. The predicted molar refractivity (Wildman–Crippen MR) is 544 cm³/mol. The zero-order valence-corrected chi connectivity index (χ0v) is 81.6. The van der Waals surface area contributed by atoms with Crippen molar-refractivity contribution in [2.75, 3.05) is 98.2 Å². The smallest absolute Gasteiger partial charge is 0.422 e. The van der Waals surface area contributed by atoms with Crippen molar-refractivity contribution < 1.29 is 79.9 Å².